The van der Waals surface area contributed by atoms with Crippen LogP contribution in [0.5, 0.6) is 0 Å². The summed E-state index contributed by atoms with van der Waals surface area (Å²) in [6.07, 6.45) is 0. The first-order valence-corrected chi connectivity index (χ1v) is 16.0. The van der Waals surface area contributed by atoms with Gasteiger partial charge in [-0.1, -0.05) is 109 Å². The molecule has 10 rings (SSSR count). The Labute approximate surface area is 271 Å². The molecule has 0 amide bonds. The zero-order valence-corrected chi connectivity index (χ0v) is 25.5. The fourth-order valence-electron chi connectivity index (χ4n) is 7.54. The largest absolute Gasteiger partial charge is 0.454 e. The van der Waals surface area contributed by atoms with Gasteiger partial charge >= 0.3 is 0 Å². The highest BCUT2D eigenvalue weighted by molar-refractivity contribution is 6.21. The third kappa shape index (κ3) is 3.81. The first-order chi connectivity index (χ1) is 23.3. The van der Waals surface area contributed by atoms with Gasteiger partial charge in [-0.2, -0.15) is 0 Å². The normalized spacial score (nSPS) is 11.8. The summed E-state index contributed by atoms with van der Waals surface area (Å²) >= 11 is 0. The molecule has 220 valence electrons. The lowest BCUT2D eigenvalue weighted by Gasteiger charge is -2.13. The van der Waals surface area contributed by atoms with Crippen LogP contribution >= 0.6 is 0 Å². The van der Waals surface area contributed by atoms with Gasteiger partial charge in [-0.05, 0) is 82.9 Å². The third-order valence-corrected chi connectivity index (χ3v) is 9.53. The van der Waals surface area contributed by atoms with Gasteiger partial charge in [0.2, 0.25) is 0 Å². The molecule has 0 aliphatic rings. The molecule has 10 aromatic rings. The third-order valence-electron chi connectivity index (χ3n) is 9.53. The zero-order valence-electron chi connectivity index (χ0n) is 25.5. The number of furan rings is 1. The van der Waals surface area contributed by atoms with Gasteiger partial charge in [-0.3, -0.25) is 0 Å². The van der Waals surface area contributed by atoms with Gasteiger partial charge in [0.05, 0.1) is 21.9 Å². The van der Waals surface area contributed by atoms with Gasteiger partial charge in [-0.15, -0.1) is 0 Å². The smallest absolute Gasteiger partial charge is 0.161 e. The van der Waals surface area contributed by atoms with E-state index in [1.165, 1.54) is 38.5 Å². The molecule has 0 unspecified atom stereocenters. The summed E-state index contributed by atoms with van der Waals surface area (Å²) in [5, 5.41) is 4.72. The second kappa shape index (κ2) is 10.1. The average molecular weight is 601 g/mol. The summed E-state index contributed by atoms with van der Waals surface area (Å²) in [5.41, 5.74) is 13.4. The number of benzene rings is 7. The molecule has 47 heavy (non-hydrogen) atoms. The second-order valence-electron chi connectivity index (χ2n) is 12.1. The molecule has 0 atom stereocenters. The van der Waals surface area contributed by atoms with E-state index in [9.17, 15) is 0 Å². The Bertz CT molecular complexity index is 2780. The molecule has 0 saturated heterocycles. The van der Waals surface area contributed by atoms with E-state index in [4.69, 9.17) is 4.42 Å². The summed E-state index contributed by atoms with van der Waals surface area (Å²) in [7, 11) is 0. The highest BCUT2D eigenvalue weighted by Crippen LogP contribution is 2.45. The molecule has 0 bridgehead atoms. The zero-order chi connectivity index (χ0) is 30.9. The van der Waals surface area contributed by atoms with Crippen molar-refractivity contribution in [2.24, 2.45) is 0 Å². The van der Waals surface area contributed by atoms with Crippen molar-refractivity contribution >= 4 is 54.8 Å². The Hall–Kier alpha value is -6.32. The maximum absolute atomic E-state index is 6.70. The van der Waals surface area contributed by atoms with Gasteiger partial charge in [-0.25, -0.2) is 0 Å². The Balaban J connectivity index is 1.25. The lowest BCUT2D eigenvalue weighted by atomic mass is 9.92. The Morgan fingerprint density at radius 2 is 0.957 bits per heavy atom. The molecule has 3 aromatic heterocycles. The number of rotatable bonds is 4. The highest BCUT2D eigenvalue weighted by atomic mass is 16.3. The van der Waals surface area contributed by atoms with Crippen LogP contribution in [0.25, 0.3) is 88.4 Å². The topological polar surface area (TPSA) is 23.0 Å². The molecule has 7 aromatic carbocycles. The van der Waals surface area contributed by atoms with Crippen LogP contribution in [0.15, 0.2) is 174 Å². The van der Waals surface area contributed by atoms with Crippen molar-refractivity contribution < 1.29 is 4.42 Å². The number of nitrogens with zero attached hydrogens (tertiary/aromatic N) is 2. The van der Waals surface area contributed by atoms with E-state index in [0.717, 1.165) is 49.9 Å². The molecule has 3 heteroatoms. The minimum absolute atomic E-state index is 0.888. The van der Waals surface area contributed by atoms with Gasteiger partial charge in [0, 0.05) is 27.5 Å². The summed E-state index contributed by atoms with van der Waals surface area (Å²) in [6, 6.07) is 60.6. The number of fused-ring (bicyclic) bond motifs is 8. The van der Waals surface area contributed by atoms with E-state index in [0.29, 0.717) is 0 Å². The average Bonchev–Trinajstić information content (AvgIpc) is 3.79. The highest BCUT2D eigenvalue weighted by Gasteiger charge is 2.23. The van der Waals surface area contributed by atoms with Crippen molar-refractivity contribution in [3.05, 3.63) is 170 Å². The molecular formula is C44H28N2O. The summed E-state index contributed by atoms with van der Waals surface area (Å²) in [4.78, 5) is 0. The van der Waals surface area contributed by atoms with Gasteiger partial charge in [0.1, 0.15) is 11.1 Å². The van der Waals surface area contributed by atoms with Gasteiger partial charge in [0.25, 0.3) is 0 Å². The Kier molecular flexibility index (Phi) is 5.57. The number of para-hydroxylation sites is 4. The monoisotopic (exact) mass is 600 g/mol. The summed E-state index contributed by atoms with van der Waals surface area (Å²) in [5.74, 6) is 0. The fraction of sp³-hybridized carbons (Fsp3) is 0. The first kappa shape index (κ1) is 26.0. The van der Waals surface area contributed by atoms with Gasteiger partial charge < -0.3 is 13.6 Å². The predicted octanol–water partition coefficient (Wildman–Crippen LogP) is 12.0. The second-order valence-corrected chi connectivity index (χ2v) is 12.1. The van der Waals surface area contributed by atoms with Crippen LogP contribution in [0.4, 0.5) is 0 Å². The SMILES string of the molecule is c1ccc(-n2c3ccccc3c3cc(-c4ccccc4-c4cccc5oc6c7ccccc7n(-c7ccccc7)c6c45)ccc32)cc1. The van der Waals surface area contributed by atoms with Crippen LogP contribution in [-0.2, 0) is 0 Å². The van der Waals surface area contributed by atoms with Crippen LogP contribution in [0.2, 0.25) is 0 Å². The molecule has 0 aliphatic carbocycles. The minimum atomic E-state index is 0.888. The van der Waals surface area contributed by atoms with Crippen LogP contribution < -0.4 is 0 Å². The summed E-state index contributed by atoms with van der Waals surface area (Å²) in [6.45, 7) is 0. The molecule has 3 nitrogen and oxygen atoms in total. The predicted molar refractivity (Wildman–Crippen MR) is 196 cm³/mol. The van der Waals surface area contributed by atoms with E-state index in [-0.39, 0.29) is 0 Å². The number of aromatic nitrogens is 2. The van der Waals surface area contributed by atoms with E-state index in [1.807, 2.05) is 0 Å². The molecule has 0 radical (unpaired) electrons. The van der Waals surface area contributed by atoms with Crippen molar-refractivity contribution in [2.45, 2.75) is 0 Å². The molecule has 0 aliphatic heterocycles. The van der Waals surface area contributed by atoms with Crippen molar-refractivity contribution in [3.63, 3.8) is 0 Å². The van der Waals surface area contributed by atoms with E-state index in [1.54, 1.807) is 0 Å². The van der Waals surface area contributed by atoms with Crippen molar-refractivity contribution in [1.82, 2.24) is 9.13 Å². The van der Waals surface area contributed by atoms with E-state index < -0.39 is 0 Å². The fourth-order valence-corrected chi connectivity index (χ4v) is 7.54. The molecule has 0 saturated carbocycles. The van der Waals surface area contributed by atoms with E-state index in [2.05, 4.69) is 179 Å². The van der Waals surface area contributed by atoms with Crippen LogP contribution in [0.1, 0.15) is 0 Å². The van der Waals surface area contributed by atoms with Crippen LogP contribution in [-0.4, -0.2) is 9.13 Å². The van der Waals surface area contributed by atoms with Gasteiger partial charge in [0.15, 0.2) is 5.58 Å². The molecular weight excluding hydrogens is 572 g/mol. The lowest BCUT2D eigenvalue weighted by molar-refractivity contribution is 0.673. The van der Waals surface area contributed by atoms with Crippen LogP contribution in [0, 0.1) is 0 Å². The van der Waals surface area contributed by atoms with Crippen LogP contribution in [0.3, 0.4) is 0 Å². The molecule has 3 heterocycles. The van der Waals surface area contributed by atoms with Crippen molar-refractivity contribution in [2.75, 3.05) is 0 Å². The molecule has 0 N–H and O–H groups in total. The van der Waals surface area contributed by atoms with E-state index >= 15 is 0 Å². The minimum Gasteiger partial charge on any atom is -0.454 e. The Morgan fingerprint density at radius 3 is 1.72 bits per heavy atom. The molecule has 0 spiro atoms. The maximum atomic E-state index is 6.70. The van der Waals surface area contributed by atoms with Crippen molar-refractivity contribution in [1.29, 1.82) is 0 Å². The number of hydrogen-bond donors (Lipinski definition) is 0. The number of hydrogen-bond acceptors (Lipinski definition) is 1. The first-order valence-electron chi connectivity index (χ1n) is 16.0. The maximum Gasteiger partial charge on any atom is 0.161 e. The Morgan fingerprint density at radius 1 is 0.383 bits per heavy atom. The lowest BCUT2D eigenvalue weighted by Crippen LogP contribution is -1.94. The quantitative estimate of drug-likeness (QED) is 0.197. The molecule has 0 fully saturated rings. The standard InChI is InChI=1S/C44H28N2O/c1-3-14-30(15-4-1)45-38-23-11-9-20-34(38)37-28-29(26-27-40(37)45)32-18-7-8-19-33(32)35-22-13-25-41-42(35)43-44(47-41)36-21-10-12-24-39(36)46(43)31-16-5-2-6-17-31/h1-28H. The summed E-state index contributed by atoms with van der Waals surface area (Å²) < 4.78 is 11.4. The van der Waals surface area contributed by atoms with Crippen molar-refractivity contribution in [3.8, 4) is 33.6 Å².